The van der Waals surface area contributed by atoms with Crippen LogP contribution in [-0.4, -0.2) is 24.1 Å². The van der Waals surface area contributed by atoms with Gasteiger partial charge in [-0.2, -0.15) is 15.0 Å². The van der Waals surface area contributed by atoms with Crippen molar-refractivity contribution in [3.8, 4) is 56.7 Å². The van der Waals surface area contributed by atoms with Crippen LogP contribution < -0.4 is 0 Å². The summed E-state index contributed by atoms with van der Waals surface area (Å²) in [5.41, 5.74) is 12.0. The molecule has 3 heterocycles. The minimum Gasteiger partial charge on any atom is -0.278 e. The third-order valence-corrected chi connectivity index (χ3v) is 10.8. The van der Waals surface area contributed by atoms with E-state index in [-0.39, 0.29) is 0 Å². The van der Waals surface area contributed by atoms with Gasteiger partial charge in [0.25, 0.3) is 0 Å². The molecule has 0 aliphatic carbocycles. The van der Waals surface area contributed by atoms with Gasteiger partial charge in [-0.25, -0.2) is 0 Å². The number of fused-ring (bicyclic) bond motifs is 6. The summed E-state index contributed by atoms with van der Waals surface area (Å²) < 4.78 is 4.37. The van der Waals surface area contributed by atoms with E-state index in [2.05, 4.69) is 209 Å². The third kappa shape index (κ3) is 5.29. The first-order valence-corrected chi connectivity index (χ1v) is 18.9. The molecule has 0 saturated carbocycles. The Morgan fingerprint density at radius 2 is 0.625 bits per heavy atom. The topological polar surface area (TPSA) is 48.5 Å². The molecule has 5 nitrogen and oxygen atoms in total. The highest BCUT2D eigenvalue weighted by atomic mass is 15.3. The lowest BCUT2D eigenvalue weighted by molar-refractivity contribution is 0.893. The van der Waals surface area contributed by atoms with Crippen LogP contribution in [0.3, 0.4) is 0 Å². The van der Waals surface area contributed by atoms with Crippen LogP contribution in [0.4, 0.5) is 0 Å². The predicted octanol–water partition coefficient (Wildman–Crippen LogP) is 12.7. The maximum absolute atomic E-state index is 5.35. The van der Waals surface area contributed by atoms with Crippen molar-refractivity contribution in [2.24, 2.45) is 0 Å². The quantitative estimate of drug-likeness (QED) is 0.172. The zero-order chi connectivity index (χ0) is 37.0. The first-order chi connectivity index (χ1) is 27.8. The van der Waals surface area contributed by atoms with E-state index in [0.29, 0.717) is 17.7 Å². The lowest BCUT2D eigenvalue weighted by Gasteiger charge is -2.13. The Morgan fingerprint density at radius 1 is 0.250 bits per heavy atom. The van der Waals surface area contributed by atoms with Crippen LogP contribution in [0.2, 0.25) is 0 Å². The molecule has 11 rings (SSSR count). The Labute approximate surface area is 323 Å². The van der Waals surface area contributed by atoms with E-state index >= 15 is 0 Å². The van der Waals surface area contributed by atoms with Crippen molar-refractivity contribution in [3.05, 3.63) is 200 Å². The van der Waals surface area contributed by atoms with Crippen LogP contribution in [0.15, 0.2) is 200 Å². The second kappa shape index (κ2) is 13.0. The van der Waals surface area contributed by atoms with Gasteiger partial charge in [0, 0.05) is 27.1 Å². The van der Waals surface area contributed by atoms with E-state index < -0.39 is 0 Å². The van der Waals surface area contributed by atoms with E-state index in [4.69, 9.17) is 15.0 Å². The number of benzene rings is 8. The van der Waals surface area contributed by atoms with Gasteiger partial charge in [0.2, 0.25) is 11.9 Å². The highest BCUT2D eigenvalue weighted by Gasteiger charge is 2.21. The normalized spacial score (nSPS) is 11.6. The molecule has 0 aliphatic rings. The van der Waals surface area contributed by atoms with Gasteiger partial charge in [-0.1, -0.05) is 170 Å². The molecule has 0 aliphatic heterocycles. The minimum absolute atomic E-state index is 0.558. The highest BCUT2D eigenvalue weighted by molar-refractivity contribution is 6.10. The molecule has 0 saturated heterocycles. The van der Waals surface area contributed by atoms with Crippen LogP contribution in [0.25, 0.3) is 100 Å². The summed E-state index contributed by atoms with van der Waals surface area (Å²) in [6.07, 6.45) is 0. The number of hydrogen-bond acceptors (Lipinski definition) is 3. The number of hydrogen-bond donors (Lipinski definition) is 0. The van der Waals surface area contributed by atoms with Gasteiger partial charge in [-0.15, -0.1) is 0 Å². The molecule has 56 heavy (non-hydrogen) atoms. The molecule has 8 aromatic carbocycles. The Morgan fingerprint density at radius 3 is 1.16 bits per heavy atom. The van der Waals surface area contributed by atoms with Crippen LogP contribution in [-0.2, 0) is 0 Å². The van der Waals surface area contributed by atoms with E-state index in [1.54, 1.807) is 0 Å². The predicted molar refractivity (Wildman–Crippen MR) is 230 cm³/mol. The van der Waals surface area contributed by atoms with E-state index in [1.807, 2.05) is 0 Å². The fourth-order valence-corrected chi connectivity index (χ4v) is 8.14. The van der Waals surface area contributed by atoms with Crippen LogP contribution in [0.5, 0.6) is 0 Å². The summed E-state index contributed by atoms with van der Waals surface area (Å²) in [4.78, 5) is 15.9. The van der Waals surface area contributed by atoms with Crippen molar-refractivity contribution in [3.63, 3.8) is 0 Å². The van der Waals surface area contributed by atoms with Crippen molar-refractivity contribution in [1.82, 2.24) is 24.1 Å². The molecule has 0 unspecified atom stereocenters. The fourth-order valence-electron chi connectivity index (χ4n) is 8.14. The molecule has 3 aromatic heterocycles. The van der Waals surface area contributed by atoms with E-state index in [0.717, 1.165) is 71.4 Å². The van der Waals surface area contributed by atoms with Crippen molar-refractivity contribution in [1.29, 1.82) is 0 Å². The summed E-state index contributed by atoms with van der Waals surface area (Å²) in [7, 11) is 0. The Balaban J connectivity index is 1.14. The highest BCUT2D eigenvalue weighted by Crippen LogP contribution is 2.36. The molecule has 0 amide bonds. The first kappa shape index (κ1) is 31.9. The summed E-state index contributed by atoms with van der Waals surface area (Å²) >= 11 is 0. The molecular formula is C51H33N5. The zero-order valence-electron chi connectivity index (χ0n) is 30.3. The van der Waals surface area contributed by atoms with Crippen LogP contribution in [0.1, 0.15) is 0 Å². The molecular weight excluding hydrogens is 683 g/mol. The molecule has 0 N–H and O–H groups in total. The average Bonchev–Trinajstić information content (AvgIpc) is 3.80. The summed E-state index contributed by atoms with van der Waals surface area (Å²) in [5, 5.41) is 4.59. The zero-order valence-corrected chi connectivity index (χ0v) is 30.3. The van der Waals surface area contributed by atoms with Crippen molar-refractivity contribution >= 4 is 43.6 Å². The van der Waals surface area contributed by atoms with Gasteiger partial charge < -0.3 is 0 Å². The molecule has 0 atom stereocenters. The molecule has 5 heteroatoms. The molecule has 262 valence electrons. The molecule has 11 aromatic rings. The average molecular weight is 716 g/mol. The maximum atomic E-state index is 5.35. The minimum atomic E-state index is 0.558. The van der Waals surface area contributed by atoms with Gasteiger partial charge >= 0.3 is 0 Å². The van der Waals surface area contributed by atoms with Crippen LogP contribution in [0, 0.1) is 0 Å². The summed E-state index contributed by atoms with van der Waals surface area (Å²) in [6, 6.07) is 70.4. The number of aromatic nitrogens is 5. The van der Waals surface area contributed by atoms with E-state index in [9.17, 15) is 0 Å². The Kier molecular flexibility index (Phi) is 7.42. The molecule has 0 fully saturated rings. The molecule has 0 spiro atoms. The van der Waals surface area contributed by atoms with Crippen molar-refractivity contribution in [2.75, 3.05) is 0 Å². The lowest BCUT2D eigenvalue weighted by Crippen LogP contribution is -2.10. The molecule has 0 bridgehead atoms. The van der Waals surface area contributed by atoms with Crippen molar-refractivity contribution in [2.45, 2.75) is 0 Å². The van der Waals surface area contributed by atoms with Gasteiger partial charge in [0.1, 0.15) is 0 Å². The lowest BCUT2D eigenvalue weighted by atomic mass is 9.98. The van der Waals surface area contributed by atoms with Gasteiger partial charge in [-0.05, 0) is 63.7 Å². The first-order valence-electron chi connectivity index (χ1n) is 18.9. The number of rotatable bonds is 6. The Hall–Kier alpha value is -7.63. The summed E-state index contributed by atoms with van der Waals surface area (Å²) in [5.74, 6) is 1.72. The second-order valence-corrected chi connectivity index (χ2v) is 14.1. The third-order valence-electron chi connectivity index (χ3n) is 10.8. The van der Waals surface area contributed by atoms with Gasteiger partial charge in [0.15, 0.2) is 5.82 Å². The van der Waals surface area contributed by atoms with Crippen molar-refractivity contribution < 1.29 is 0 Å². The summed E-state index contributed by atoms with van der Waals surface area (Å²) in [6.45, 7) is 0. The largest absolute Gasteiger partial charge is 0.278 e. The standard InChI is InChI=1S/C51H33N5/c1-3-14-34(15-4-1)38-18-13-19-39(32-38)36-26-28-37(29-27-36)49-52-50(55-45-23-10-7-20-41(45)42-21-8-11-24-46(42)55)54-51(53-49)56-47-25-12-9-22-43(47)44-31-30-40(33-48(44)56)35-16-5-2-6-17-35/h1-33H. The van der Waals surface area contributed by atoms with Gasteiger partial charge in [0.05, 0.1) is 22.1 Å². The monoisotopic (exact) mass is 715 g/mol. The second-order valence-electron chi connectivity index (χ2n) is 14.1. The Bertz CT molecular complexity index is 3180. The maximum Gasteiger partial charge on any atom is 0.240 e. The number of nitrogens with zero attached hydrogens (tertiary/aromatic N) is 5. The smallest absolute Gasteiger partial charge is 0.240 e. The fraction of sp³-hybridized carbons (Fsp3) is 0. The molecule has 0 radical (unpaired) electrons. The number of para-hydroxylation sites is 3. The SMILES string of the molecule is c1ccc(-c2cccc(-c3ccc(-c4nc(-n5c6ccccc6c6ccccc65)nc(-n5c6ccccc6c6ccc(-c7ccccc7)cc65)n4)cc3)c2)cc1. The van der Waals surface area contributed by atoms with Gasteiger partial charge in [-0.3, -0.25) is 9.13 Å². The van der Waals surface area contributed by atoms with E-state index in [1.165, 1.54) is 11.1 Å². The van der Waals surface area contributed by atoms with Crippen LogP contribution >= 0.6 is 0 Å².